The molecule has 7 atom stereocenters. The summed E-state index contributed by atoms with van der Waals surface area (Å²) in [4.78, 5) is 23.1. The van der Waals surface area contributed by atoms with Gasteiger partial charge < -0.3 is 29.6 Å². The molecule has 0 unspecified atom stereocenters. The predicted octanol–water partition coefficient (Wildman–Crippen LogP) is 8.13. The van der Waals surface area contributed by atoms with E-state index in [1.807, 2.05) is 0 Å². The number of unbranched alkanes of at least 4 members (excludes halogenated alkanes) is 14. The Morgan fingerprint density at radius 1 is 0.705 bits per heavy atom. The van der Waals surface area contributed by atoms with Gasteiger partial charge in [-0.2, -0.15) is 0 Å². The van der Waals surface area contributed by atoms with Crippen molar-refractivity contribution in [2.75, 3.05) is 0 Å². The Balaban J connectivity index is 1.40. The Bertz CT molecular complexity index is 743. The lowest BCUT2D eigenvalue weighted by Crippen LogP contribution is -2.31. The van der Waals surface area contributed by atoms with Crippen LogP contribution in [0.25, 0.3) is 0 Å². The molecule has 0 saturated carbocycles. The van der Waals surface area contributed by atoms with Crippen molar-refractivity contribution < 1.29 is 34.4 Å². The molecule has 2 aliphatic rings. The molecule has 44 heavy (non-hydrogen) atoms. The number of carbonyl (C=O) groups excluding carboxylic acids is 2. The van der Waals surface area contributed by atoms with Crippen LogP contribution in [0.1, 0.15) is 181 Å². The first-order valence-corrected chi connectivity index (χ1v) is 18.7. The largest absolute Gasteiger partial charge is 0.462 e. The zero-order valence-corrected chi connectivity index (χ0v) is 28.4. The van der Waals surface area contributed by atoms with Crippen molar-refractivity contribution >= 4 is 11.8 Å². The maximum atomic E-state index is 11.8. The second kappa shape index (κ2) is 24.2. The number of carbonyl (C=O) groups is 2. The van der Waals surface area contributed by atoms with E-state index in [1.54, 1.807) is 0 Å². The number of esters is 1. The molecule has 0 radical (unpaired) electrons. The summed E-state index contributed by atoms with van der Waals surface area (Å²) in [6, 6.07) is 0. The molecule has 2 aliphatic heterocycles. The van der Waals surface area contributed by atoms with E-state index in [9.17, 15) is 24.9 Å². The summed E-state index contributed by atoms with van der Waals surface area (Å²) in [5.41, 5.74) is 0. The lowest BCUT2D eigenvalue weighted by Gasteiger charge is -2.22. The highest BCUT2D eigenvalue weighted by molar-refractivity contribution is 5.83. The maximum Gasteiger partial charge on any atom is 0.309 e. The third kappa shape index (κ3) is 17.6. The number of ether oxygens (including phenoxy) is 2. The molecule has 3 N–H and O–H groups in total. The van der Waals surface area contributed by atoms with Crippen LogP contribution in [0.4, 0.5) is 0 Å². The quantitative estimate of drug-likeness (QED) is 0.0595. The standard InChI is InChI=1S/C37H68O7/c1-3-4-5-6-7-8-9-10-11-12-13-17-23-33(40)35-25-26-36(44-35)34(41)24-19-18-21-31(39)20-15-14-16-22-32-28-30(27-29(2)38)37(42)43-32/h30-36,39-41H,3-28H2,1-2H3/t30-,31-,32+,33-,34-,35-,36-/m1/s1. The maximum absolute atomic E-state index is 11.8. The molecule has 2 rings (SSSR count). The number of aliphatic hydroxyl groups excluding tert-OH is 3. The SMILES string of the molecule is CCCCCCCCCCCCCC[C@@H](O)[C@H]1CC[C@H]([C@H](O)CCCC[C@H](O)CCCCC[C@H]2C[C@@H](CC(C)=O)C(=O)O2)O1. The fourth-order valence-corrected chi connectivity index (χ4v) is 7.04. The van der Waals surface area contributed by atoms with Crippen LogP contribution in [-0.2, 0) is 19.1 Å². The second-order valence-electron chi connectivity index (χ2n) is 14.1. The van der Waals surface area contributed by atoms with Crippen molar-refractivity contribution in [1.82, 2.24) is 0 Å². The molecular formula is C37H68O7. The smallest absolute Gasteiger partial charge is 0.309 e. The van der Waals surface area contributed by atoms with Crippen LogP contribution >= 0.6 is 0 Å². The Morgan fingerprint density at radius 3 is 1.70 bits per heavy atom. The third-order valence-electron chi connectivity index (χ3n) is 9.85. The first kappa shape index (κ1) is 39.2. The van der Waals surface area contributed by atoms with Gasteiger partial charge in [0, 0.05) is 6.42 Å². The Kier molecular flexibility index (Phi) is 21.5. The normalized spacial score (nSPS) is 24.0. The molecule has 0 aliphatic carbocycles. The average molecular weight is 625 g/mol. The molecule has 0 bridgehead atoms. The van der Waals surface area contributed by atoms with Gasteiger partial charge in [-0.25, -0.2) is 0 Å². The Labute approximate surface area is 269 Å². The first-order valence-electron chi connectivity index (χ1n) is 18.7. The van der Waals surface area contributed by atoms with Crippen molar-refractivity contribution in [2.24, 2.45) is 5.92 Å². The lowest BCUT2D eigenvalue weighted by atomic mass is 9.96. The molecular weight excluding hydrogens is 556 g/mol. The minimum Gasteiger partial charge on any atom is -0.462 e. The monoisotopic (exact) mass is 624 g/mol. The van der Waals surface area contributed by atoms with Crippen LogP contribution in [0.2, 0.25) is 0 Å². The summed E-state index contributed by atoms with van der Waals surface area (Å²) in [7, 11) is 0. The minimum absolute atomic E-state index is 0.0341. The van der Waals surface area contributed by atoms with Crippen LogP contribution in [0.3, 0.4) is 0 Å². The van der Waals surface area contributed by atoms with Crippen molar-refractivity contribution in [2.45, 2.75) is 217 Å². The molecule has 7 heteroatoms. The highest BCUT2D eigenvalue weighted by Crippen LogP contribution is 2.29. The van der Waals surface area contributed by atoms with Gasteiger partial charge in [-0.1, -0.05) is 110 Å². The van der Waals surface area contributed by atoms with E-state index in [1.165, 1.54) is 77.6 Å². The van der Waals surface area contributed by atoms with Crippen LogP contribution in [0.5, 0.6) is 0 Å². The Morgan fingerprint density at radius 2 is 1.16 bits per heavy atom. The zero-order chi connectivity index (χ0) is 32.0. The van der Waals surface area contributed by atoms with E-state index in [0.29, 0.717) is 12.8 Å². The number of rotatable bonds is 28. The Hall–Kier alpha value is -1.02. The van der Waals surface area contributed by atoms with Crippen molar-refractivity contribution in [3.63, 3.8) is 0 Å². The first-order chi connectivity index (χ1) is 21.3. The van der Waals surface area contributed by atoms with Gasteiger partial charge in [0.15, 0.2) is 0 Å². The summed E-state index contributed by atoms with van der Waals surface area (Å²) in [6.45, 7) is 3.78. The molecule has 2 fully saturated rings. The summed E-state index contributed by atoms with van der Waals surface area (Å²) >= 11 is 0. The van der Waals surface area contributed by atoms with E-state index in [4.69, 9.17) is 9.47 Å². The highest BCUT2D eigenvalue weighted by Gasteiger charge is 2.35. The second-order valence-corrected chi connectivity index (χ2v) is 14.1. The van der Waals surface area contributed by atoms with Crippen molar-refractivity contribution in [3.8, 4) is 0 Å². The van der Waals surface area contributed by atoms with Crippen LogP contribution in [0, 0.1) is 5.92 Å². The van der Waals surface area contributed by atoms with Gasteiger partial charge in [0.25, 0.3) is 0 Å². The fourth-order valence-electron chi connectivity index (χ4n) is 7.04. The zero-order valence-electron chi connectivity index (χ0n) is 28.4. The number of hydrogen-bond acceptors (Lipinski definition) is 7. The third-order valence-corrected chi connectivity index (χ3v) is 9.85. The highest BCUT2D eigenvalue weighted by atomic mass is 16.6. The minimum atomic E-state index is -0.504. The molecule has 2 saturated heterocycles. The molecule has 258 valence electrons. The molecule has 2 heterocycles. The number of cyclic esters (lactones) is 1. The van der Waals surface area contributed by atoms with Crippen LogP contribution in [0.15, 0.2) is 0 Å². The van der Waals surface area contributed by atoms with E-state index in [0.717, 1.165) is 77.0 Å². The fraction of sp³-hybridized carbons (Fsp3) is 0.946. The van der Waals surface area contributed by atoms with Gasteiger partial charge in [0.1, 0.15) is 11.9 Å². The molecule has 0 aromatic heterocycles. The number of Topliss-reactive ketones (excluding diaryl/α,β-unsaturated/α-hetero) is 1. The van der Waals surface area contributed by atoms with Crippen molar-refractivity contribution in [3.05, 3.63) is 0 Å². The molecule has 0 spiro atoms. The topological polar surface area (TPSA) is 113 Å². The van der Waals surface area contributed by atoms with E-state index >= 15 is 0 Å². The van der Waals surface area contributed by atoms with Gasteiger partial charge in [-0.15, -0.1) is 0 Å². The molecule has 7 nitrogen and oxygen atoms in total. The molecule has 0 aromatic carbocycles. The van der Waals surface area contributed by atoms with Gasteiger partial charge in [-0.3, -0.25) is 4.79 Å². The summed E-state index contributed by atoms with van der Waals surface area (Å²) in [5.74, 6) is -0.459. The van der Waals surface area contributed by atoms with Gasteiger partial charge in [0.05, 0.1) is 36.4 Å². The van der Waals surface area contributed by atoms with E-state index < -0.39 is 12.2 Å². The lowest BCUT2D eigenvalue weighted by molar-refractivity contribution is -0.145. The van der Waals surface area contributed by atoms with Crippen LogP contribution in [-0.4, -0.2) is 63.7 Å². The van der Waals surface area contributed by atoms with E-state index in [2.05, 4.69) is 6.92 Å². The number of aliphatic hydroxyl groups is 3. The number of hydrogen-bond donors (Lipinski definition) is 3. The number of ketones is 1. The summed E-state index contributed by atoms with van der Waals surface area (Å²) in [6.07, 6.45) is 25.1. The summed E-state index contributed by atoms with van der Waals surface area (Å²) < 4.78 is 11.5. The van der Waals surface area contributed by atoms with Gasteiger partial charge in [0.2, 0.25) is 0 Å². The summed E-state index contributed by atoms with van der Waals surface area (Å²) in [5, 5.41) is 31.6. The average Bonchev–Trinajstić information content (AvgIpc) is 3.62. The molecule has 0 aromatic rings. The van der Waals surface area contributed by atoms with Crippen LogP contribution < -0.4 is 0 Å². The van der Waals surface area contributed by atoms with Gasteiger partial charge >= 0.3 is 5.97 Å². The predicted molar refractivity (Wildman–Crippen MR) is 176 cm³/mol. The van der Waals surface area contributed by atoms with Crippen molar-refractivity contribution in [1.29, 1.82) is 0 Å². The van der Waals surface area contributed by atoms with E-state index in [-0.39, 0.29) is 48.5 Å². The molecule has 0 amide bonds. The van der Waals surface area contributed by atoms with Gasteiger partial charge in [-0.05, 0) is 64.7 Å².